The van der Waals surface area contributed by atoms with Crippen LogP contribution >= 0.6 is 0 Å². The first-order valence-corrected chi connectivity index (χ1v) is 6.90. The van der Waals surface area contributed by atoms with Crippen LogP contribution < -0.4 is 10.9 Å². The van der Waals surface area contributed by atoms with Crippen LogP contribution in [0.25, 0.3) is 10.8 Å². The van der Waals surface area contributed by atoms with Crippen molar-refractivity contribution in [1.29, 1.82) is 5.26 Å². The van der Waals surface area contributed by atoms with E-state index in [1.165, 1.54) is 4.57 Å². The topological polar surface area (TPSA) is 74.9 Å². The first kappa shape index (κ1) is 14.8. The molecule has 0 fully saturated rings. The molecule has 0 spiro atoms. The SMILES string of the molecule is CCC(CC#N)NC(=O)Cn1ccc2ccccc2c1=O. The molecular formula is C16H17N3O2. The van der Waals surface area contributed by atoms with E-state index in [0.29, 0.717) is 11.8 Å². The number of carbonyl (C=O) groups is 1. The highest BCUT2D eigenvalue weighted by molar-refractivity contribution is 5.82. The summed E-state index contributed by atoms with van der Waals surface area (Å²) in [6.07, 6.45) is 2.58. The third-order valence-electron chi connectivity index (χ3n) is 3.40. The van der Waals surface area contributed by atoms with Crippen LogP contribution in [-0.2, 0) is 11.3 Å². The van der Waals surface area contributed by atoms with Crippen LogP contribution in [0.2, 0.25) is 0 Å². The second kappa shape index (κ2) is 6.71. The third-order valence-corrected chi connectivity index (χ3v) is 3.40. The lowest BCUT2D eigenvalue weighted by atomic mass is 10.1. The number of nitriles is 1. The molecule has 0 saturated heterocycles. The highest BCUT2D eigenvalue weighted by atomic mass is 16.2. The van der Waals surface area contributed by atoms with E-state index in [0.717, 1.165) is 5.39 Å². The summed E-state index contributed by atoms with van der Waals surface area (Å²) in [7, 11) is 0. The Labute approximate surface area is 122 Å². The van der Waals surface area contributed by atoms with Crippen molar-refractivity contribution in [1.82, 2.24) is 9.88 Å². The van der Waals surface area contributed by atoms with Gasteiger partial charge in [0.2, 0.25) is 5.91 Å². The fourth-order valence-electron chi connectivity index (χ4n) is 2.19. The van der Waals surface area contributed by atoms with Gasteiger partial charge in [0, 0.05) is 17.6 Å². The minimum Gasteiger partial charge on any atom is -0.351 e. The molecule has 2 rings (SSSR count). The zero-order chi connectivity index (χ0) is 15.2. The van der Waals surface area contributed by atoms with Crippen molar-refractivity contribution >= 4 is 16.7 Å². The Kier molecular flexibility index (Phi) is 4.72. The molecule has 1 aromatic carbocycles. The fraction of sp³-hybridized carbons (Fsp3) is 0.312. The van der Waals surface area contributed by atoms with Gasteiger partial charge in [-0.1, -0.05) is 25.1 Å². The summed E-state index contributed by atoms with van der Waals surface area (Å²) < 4.78 is 1.39. The number of nitrogens with one attached hydrogen (secondary N) is 1. The van der Waals surface area contributed by atoms with E-state index in [4.69, 9.17) is 5.26 Å². The molecule has 5 heteroatoms. The molecule has 1 unspecified atom stereocenters. The van der Waals surface area contributed by atoms with Crippen molar-refractivity contribution in [2.75, 3.05) is 0 Å². The molecule has 0 aliphatic heterocycles. The lowest BCUT2D eigenvalue weighted by molar-refractivity contribution is -0.122. The third kappa shape index (κ3) is 3.48. The largest absolute Gasteiger partial charge is 0.351 e. The van der Waals surface area contributed by atoms with Crippen LogP contribution in [0.15, 0.2) is 41.3 Å². The maximum absolute atomic E-state index is 12.3. The van der Waals surface area contributed by atoms with E-state index < -0.39 is 0 Å². The van der Waals surface area contributed by atoms with E-state index in [9.17, 15) is 9.59 Å². The van der Waals surface area contributed by atoms with Gasteiger partial charge in [-0.15, -0.1) is 0 Å². The summed E-state index contributed by atoms with van der Waals surface area (Å²) in [4.78, 5) is 24.2. The van der Waals surface area contributed by atoms with Crippen LogP contribution in [-0.4, -0.2) is 16.5 Å². The molecule has 1 aromatic heterocycles. The summed E-state index contributed by atoms with van der Waals surface area (Å²) in [5.74, 6) is -0.255. The van der Waals surface area contributed by atoms with Gasteiger partial charge < -0.3 is 9.88 Å². The molecule has 0 radical (unpaired) electrons. The zero-order valence-electron chi connectivity index (χ0n) is 11.9. The number of fused-ring (bicyclic) bond motifs is 1. The summed E-state index contributed by atoms with van der Waals surface area (Å²) in [6.45, 7) is 1.87. The Morgan fingerprint density at radius 1 is 1.38 bits per heavy atom. The molecule has 0 bridgehead atoms. The number of pyridine rings is 1. The Morgan fingerprint density at radius 3 is 2.86 bits per heavy atom. The molecule has 0 aliphatic carbocycles. The molecule has 0 aliphatic rings. The number of hydrogen-bond acceptors (Lipinski definition) is 3. The Balaban J connectivity index is 2.17. The van der Waals surface area contributed by atoms with Gasteiger partial charge in [-0.3, -0.25) is 9.59 Å². The van der Waals surface area contributed by atoms with Gasteiger partial charge >= 0.3 is 0 Å². The average molecular weight is 283 g/mol. The average Bonchev–Trinajstić information content (AvgIpc) is 2.50. The monoisotopic (exact) mass is 283 g/mol. The molecule has 1 amide bonds. The first-order chi connectivity index (χ1) is 10.2. The maximum atomic E-state index is 12.3. The van der Waals surface area contributed by atoms with Crippen molar-refractivity contribution < 1.29 is 4.79 Å². The summed E-state index contributed by atoms with van der Waals surface area (Å²) in [5, 5.41) is 12.9. The molecule has 2 aromatic rings. The number of nitrogens with zero attached hydrogens (tertiary/aromatic N) is 2. The number of amides is 1. The normalized spacial score (nSPS) is 11.8. The molecule has 108 valence electrons. The number of rotatable bonds is 5. The lowest BCUT2D eigenvalue weighted by Crippen LogP contribution is -2.38. The Bertz CT molecular complexity index is 743. The van der Waals surface area contributed by atoms with Gasteiger partial charge in [0.1, 0.15) is 6.54 Å². The van der Waals surface area contributed by atoms with Gasteiger partial charge in [0.25, 0.3) is 5.56 Å². The standard InChI is InChI=1S/C16H17N3O2/c1-2-13(7-9-17)18-15(20)11-19-10-8-12-5-3-4-6-14(12)16(19)21/h3-6,8,10,13H,2,7,11H2,1H3,(H,18,20). The van der Waals surface area contributed by atoms with E-state index >= 15 is 0 Å². The molecule has 0 saturated carbocycles. The first-order valence-electron chi connectivity index (χ1n) is 6.90. The quantitative estimate of drug-likeness (QED) is 0.909. The van der Waals surface area contributed by atoms with Crippen LogP contribution in [0.4, 0.5) is 0 Å². The second-order valence-corrected chi connectivity index (χ2v) is 4.87. The predicted molar refractivity (Wildman–Crippen MR) is 80.7 cm³/mol. The van der Waals surface area contributed by atoms with Gasteiger partial charge in [0.15, 0.2) is 0 Å². The lowest BCUT2D eigenvalue weighted by Gasteiger charge is -2.14. The van der Waals surface area contributed by atoms with Crippen molar-refractivity contribution in [3.05, 3.63) is 46.9 Å². The minimum atomic E-state index is -0.255. The van der Waals surface area contributed by atoms with Crippen LogP contribution in [0.1, 0.15) is 19.8 Å². The van der Waals surface area contributed by atoms with Crippen molar-refractivity contribution in [2.24, 2.45) is 0 Å². The summed E-state index contributed by atoms with van der Waals surface area (Å²) in [5.41, 5.74) is -0.184. The van der Waals surface area contributed by atoms with Crippen LogP contribution in [0.3, 0.4) is 0 Å². The van der Waals surface area contributed by atoms with Crippen molar-refractivity contribution in [3.63, 3.8) is 0 Å². The minimum absolute atomic E-state index is 0.0361. The summed E-state index contributed by atoms with van der Waals surface area (Å²) >= 11 is 0. The predicted octanol–water partition coefficient (Wildman–Crippen LogP) is 1.81. The van der Waals surface area contributed by atoms with E-state index in [-0.39, 0.29) is 30.5 Å². The van der Waals surface area contributed by atoms with E-state index in [1.54, 1.807) is 18.3 Å². The molecular weight excluding hydrogens is 266 g/mol. The highest BCUT2D eigenvalue weighted by Gasteiger charge is 2.11. The zero-order valence-corrected chi connectivity index (χ0v) is 11.9. The highest BCUT2D eigenvalue weighted by Crippen LogP contribution is 2.07. The van der Waals surface area contributed by atoms with Gasteiger partial charge in [0.05, 0.1) is 12.5 Å². The fourth-order valence-corrected chi connectivity index (χ4v) is 2.19. The maximum Gasteiger partial charge on any atom is 0.258 e. The Hall–Kier alpha value is -2.61. The summed E-state index contributed by atoms with van der Waals surface area (Å²) in [6, 6.07) is 11.0. The number of carbonyl (C=O) groups excluding carboxylic acids is 1. The van der Waals surface area contributed by atoms with Gasteiger partial charge in [-0.2, -0.15) is 5.26 Å². The van der Waals surface area contributed by atoms with Crippen molar-refractivity contribution in [3.8, 4) is 6.07 Å². The smallest absolute Gasteiger partial charge is 0.258 e. The number of aromatic nitrogens is 1. The molecule has 1 N–H and O–H groups in total. The van der Waals surface area contributed by atoms with Crippen molar-refractivity contribution in [2.45, 2.75) is 32.4 Å². The van der Waals surface area contributed by atoms with Crippen LogP contribution in [0, 0.1) is 11.3 Å². The van der Waals surface area contributed by atoms with Crippen LogP contribution in [0.5, 0.6) is 0 Å². The van der Waals surface area contributed by atoms with Gasteiger partial charge in [-0.25, -0.2) is 0 Å². The molecule has 5 nitrogen and oxygen atoms in total. The van der Waals surface area contributed by atoms with E-state index in [1.807, 2.05) is 31.2 Å². The second-order valence-electron chi connectivity index (χ2n) is 4.87. The number of benzene rings is 1. The molecule has 21 heavy (non-hydrogen) atoms. The van der Waals surface area contributed by atoms with Gasteiger partial charge in [-0.05, 0) is 23.9 Å². The molecule has 1 atom stereocenters. The van der Waals surface area contributed by atoms with E-state index in [2.05, 4.69) is 5.32 Å². The number of hydrogen-bond donors (Lipinski definition) is 1. The molecule has 1 heterocycles. The Morgan fingerprint density at radius 2 is 2.14 bits per heavy atom.